The minimum absolute atomic E-state index is 0.114. The third-order valence-electron chi connectivity index (χ3n) is 3.39. The summed E-state index contributed by atoms with van der Waals surface area (Å²) in [6.45, 7) is 4.93. The van der Waals surface area contributed by atoms with Gasteiger partial charge in [0.1, 0.15) is 5.75 Å². The van der Waals surface area contributed by atoms with Crippen LogP contribution in [0.15, 0.2) is 48.5 Å². The zero-order chi connectivity index (χ0) is 16.7. The molecule has 0 bridgehead atoms. The number of methoxy groups -OCH3 is 1. The van der Waals surface area contributed by atoms with E-state index in [9.17, 15) is 4.79 Å². The molecule has 2 aromatic carbocycles. The van der Waals surface area contributed by atoms with E-state index in [0.717, 1.165) is 16.9 Å². The molecule has 2 aromatic rings. The van der Waals surface area contributed by atoms with Crippen LogP contribution < -0.4 is 10.1 Å². The van der Waals surface area contributed by atoms with Gasteiger partial charge in [-0.2, -0.15) is 0 Å². The first kappa shape index (κ1) is 17.0. The molecule has 0 aromatic heterocycles. The lowest BCUT2D eigenvalue weighted by Crippen LogP contribution is -2.28. The van der Waals surface area contributed by atoms with Crippen molar-refractivity contribution in [2.75, 3.05) is 20.3 Å². The van der Waals surface area contributed by atoms with Crippen LogP contribution in [0.5, 0.6) is 5.75 Å². The summed E-state index contributed by atoms with van der Waals surface area (Å²) in [6.07, 6.45) is 0.164. The lowest BCUT2D eigenvalue weighted by atomic mass is 10.0. The topological polar surface area (TPSA) is 47.6 Å². The molecule has 0 aliphatic heterocycles. The number of nitrogens with one attached hydrogen (secondary N) is 1. The number of carbonyl (C=O) groups excluding carboxylic acids is 1. The standard InChI is InChI=1S/C19H23NO3/c1-14(2)23-12-11-20-19(21)16-9-10-18(22-3)17(13-16)15-7-5-4-6-8-15/h4-10,13-14H,11-12H2,1-3H3,(H,20,21). The molecule has 0 saturated carbocycles. The zero-order valence-electron chi connectivity index (χ0n) is 13.8. The number of ether oxygens (including phenoxy) is 2. The van der Waals surface area contributed by atoms with Gasteiger partial charge in [-0.3, -0.25) is 4.79 Å². The average Bonchev–Trinajstić information content (AvgIpc) is 2.58. The van der Waals surface area contributed by atoms with Gasteiger partial charge in [-0.05, 0) is 37.6 Å². The van der Waals surface area contributed by atoms with Crippen LogP contribution in [0.25, 0.3) is 11.1 Å². The summed E-state index contributed by atoms with van der Waals surface area (Å²) in [5, 5.41) is 2.87. The first-order valence-corrected chi connectivity index (χ1v) is 7.75. The van der Waals surface area contributed by atoms with Gasteiger partial charge < -0.3 is 14.8 Å². The van der Waals surface area contributed by atoms with Crippen LogP contribution in [0.4, 0.5) is 0 Å². The van der Waals surface area contributed by atoms with Gasteiger partial charge >= 0.3 is 0 Å². The third-order valence-corrected chi connectivity index (χ3v) is 3.39. The summed E-state index contributed by atoms with van der Waals surface area (Å²) in [5.74, 6) is 0.632. The lowest BCUT2D eigenvalue weighted by molar-refractivity contribution is 0.0746. The van der Waals surface area contributed by atoms with Crippen LogP contribution in [0.1, 0.15) is 24.2 Å². The van der Waals surface area contributed by atoms with E-state index >= 15 is 0 Å². The number of rotatable bonds is 7. The molecule has 23 heavy (non-hydrogen) atoms. The first-order valence-electron chi connectivity index (χ1n) is 7.75. The Morgan fingerprint density at radius 3 is 2.52 bits per heavy atom. The maximum absolute atomic E-state index is 12.3. The van der Waals surface area contributed by atoms with Crippen LogP contribution in [-0.4, -0.2) is 32.3 Å². The molecule has 0 fully saturated rings. The molecule has 0 atom stereocenters. The number of benzene rings is 2. The highest BCUT2D eigenvalue weighted by molar-refractivity contribution is 5.96. The summed E-state index contributed by atoms with van der Waals surface area (Å²) in [6, 6.07) is 15.3. The van der Waals surface area contributed by atoms with Crippen LogP contribution in [0.2, 0.25) is 0 Å². The Labute approximate surface area is 137 Å². The van der Waals surface area contributed by atoms with Gasteiger partial charge in [-0.15, -0.1) is 0 Å². The molecule has 0 saturated heterocycles. The second kappa shape index (κ2) is 8.34. The lowest BCUT2D eigenvalue weighted by Gasteiger charge is -2.12. The van der Waals surface area contributed by atoms with E-state index in [0.29, 0.717) is 18.7 Å². The monoisotopic (exact) mass is 313 g/mol. The molecular formula is C19H23NO3. The predicted octanol–water partition coefficient (Wildman–Crippen LogP) is 3.52. The van der Waals surface area contributed by atoms with Crippen LogP contribution in [-0.2, 0) is 4.74 Å². The maximum atomic E-state index is 12.3. The molecule has 1 N–H and O–H groups in total. The second-order valence-electron chi connectivity index (χ2n) is 5.46. The normalized spacial score (nSPS) is 10.6. The van der Waals surface area contributed by atoms with Crippen molar-refractivity contribution in [2.45, 2.75) is 20.0 Å². The molecule has 2 rings (SSSR count). The maximum Gasteiger partial charge on any atom is 0.251 e. The second-order valence-corrected chi connectivity index (χ2v) is 5.46. The van der Waals surface area contributed by atoms with E-state index < -0.39 is 0 Å². The molecule has 1 amide bonds. The summed E-state index contributed by atoms with van der Waals surface area (Å²) in [4.78, 5) is 12.3. The smallest absolute Gasteiger partial charge is 0.251 e. The SMILES string of the molecule is COc1ccc(C(=O)NCCOC(C)C)cc1-c1ccccc1. The van der Waals surface area contributed by atoms with Crippen molar-refractivity contribution in [2.24, 2.45) is 0 Å². The fourth-order valence-corrected chi connectivity index (χ4v) is 2.25. The van der Waals surface area contributed by atoms with Gasteiger partial charge in [-0.1, -0.05) is 30.3 Å². The number of carbonyl (C=O) groups is 1. The summed E-state index contributed by atoms with van der Waals surface area (Å²) < 4.78 is 10.8. The Morgan fingerprint density at radius 1 is 1.13 bits per heavy atom. The van der Waals surface area contributed by atoms with E-state index in [4.69, 9.17) is 9.47 Å². The molecule has 0 aliphatic rings. The van der Waals surface area contributed by atoms with Gasteiger partial charge in [0.15, 0.2) is 0 Å². The third kappa shape index (κ3) is 4.83. The molecular weight excluding hydrogens is 290 g/mol. The van der Waals surface area contributed by atoms with Crippen molar-refractivity contribution in [3.63, 3.8) is 0 Å². The average molecular weight is 313 g/mol. The summed E-state index contributed by atoms with van der Waals surface area (Å²) in [5.41, 5.74) is 2.52. The Bertz CT molecular complexity index is 638. The molecule has 0 aliphatic carbocycles. The minimum Gasteiger partial charge on any atom is -0.496 e. The van der Waals surface area contributed by atoms with Crippen LogP contribution >= 0.6 is 0 Å². The van der Waals surface area contributed by atoms with Gasteiger partial charge in [-0.25, -0.2) is 0 Å². The number of hydrogen-bond donors (Lipinski definition) is 1. The van der Waals surface area contributed by atoms with E-state index in [2.05, 4.69) is 5.32 Å². The zero-order valence-corrected chi connectivity index (χ0v) is 13.8. The molecule has 0 radical (unpaired) electrons. The highest BCUT2D eigenvalue weighted by Gasteiger charge is 2.11. The molecule has 4 heteroatoms. The van der Waals surface area contributed by atoms with Crippen molar-refractivity contribution in [1.82, 2.24) is 5.32 Å². The van der Waals surface area contributed by atoms with Crippen molar-refractivity contribution in [1.29, 1.82) is 0 Å². The number of amides is 1. The molecule has 0 spiro atoms. The fraction of sp³-hybridized carbons (Fsp3) is 0.316. The van der Waals surface area contributed by atoms with Crippen LogP contribution in [0, 0.1) is 0 Å². The Morgan fingerprint density at radius 2 is 1.87 bits per heavy atom. The minimum atomic E-state index is -0.114. The van der Waals surface area contributed by atoms with E-state index in [1.807, 2.05) is 56.3 Å². The molecule has 4 nitrogen and oxygen atoms in total. The van der Waals surface area contributed by atoms with Gasteiger partial charge in [0, 0.05) is 17.7 Å². The summed E-state index contributed by atoms with van der Waals surface area (Å²) in [7, 11) is 1.63. The van der Waals surface area contributed by atoms with Crippen molar-refractivity contribution in [3.05, 3.63) is 54.1 Å². The predicted molar refractivity (Wildman–Crippen MR) is 91.9 cm³/mol. The van der Waals surface area contributed by atoms with E-state index in [-0.39, 0.29) is 12.0 Å². The fourth-order valence-electron chi connectivity index (χ4n) is 2.25. The molecule has 122 valence electrons. The number of hydrogen-bond acceptors (Lipinski definition) is 3. The van der Waals surface area contributed by atoms with Gasteiger partial charge in [0.25, 0.3) is 5.91 Å². The quantitative estimate of drug-likeness (QED) is 0.796. The van der Waals surface area contributed by atoms with Crippen molar-refractivity contribution >= 4 is 5.91 Å². The van der Waals surface area contributed by atoms with Crippen molar-refractivity contribution < 1.29 is 14.3 Å². The Kier molecular flexibility index (Phi) is 6.18. The van der Waals surface area contributed by atoms with Crippen molar-refractivity contribution in [3.8, 4) is 16.9 Å². The largest absolute Gasteiger partial charge is 0.496 e. The first-order chi connectivity index (χ1) is 11.1. The van der Waals surface area contributed by atoms with E-state index in [1.165, 1.54) is 0 Å². The van der Waals surface area contributed by atoms with Gasteiger partial charge in [0.2, 0.25) is 0 Å². The highest BCUT2D eigenvalue weighted by Crippen LogP contribution is 2.30. The highest BCUT2D eigenvalue weighted by atomic mass is 16.5. The summed E-state index contributed by atoms with van der Waals surface area (Å²) >= 11 is 0. The Balaban J connectivity index is 2.13. The van der Waals surface area contributed by atoms with E-state index in [1.54, 1.807) is 13.2 Å². The van der Waals surface area contributed by atoms with Gasteiger partial charge in [0.05, 0.1) is 19.8 Å². The molecule has 0 unspecified atom stereocenters. The molecule has 0 heterocycles. The Hall–Kier alpha value is -2.33. The van der Waals surface area contributed by atoms with Crippen LogP contribution in [0.3, 0.4) is 0 Å².